The molecular weight excluding hydrogens is 697 g/mol. The molecule has 3 saturated carbocycles. The van der Waals surface area contributed by atoms with E-state index in [2.05, 4.69) is 53.9 Å². The number of nitrogens with zero attached hydrogens (tertiary/aromatic N) is 2. The van der Waals surface area contributed by atoms with Crippen LogP contribution in [-0.4, -0.2) is 101 Å². The second-order valence-electron chi connectivity index (χ2n) is 20.6. The number of rotatable bonds is 13. The van der Waals surface area contributed by atoms with E-state index in [1.807, 2.05) is 48.5 Å². The van der Waals surface area contributed by atoms with Crippen molar-refractivity contribution in [1.82, 2.24) is 31.1 Å². The van der Waals surface area contributed by atoms with E-state index >= 15 is 4.79 Å². The largest absolute Gasteiger partial charge is 0.347 e. The lowest BCUT2D eigenvalue weighted by molar-refractivity contribution is -0.146. The van der Waals surface area contributed by atoms with Crippen LogP contribution >= 0.6 is 0 Å². The second-order valence-corrected chi connectivity index (χ2v) is 20.6. The molecule has 5 aliphatic rings. The van der Waals surface area contributed by atoms with Gasteiger partial charge in [0.1, 0.15) is 18.1 Å². The number of fused-ring (bicyclic) bond motifs is 1. The Morgan fingerprint density at radius 1 is 0.745 bits per heavy atom. The van der Waals surface area contributed by atoms with Crippen LogP contribution in [0.1, 0.15) is 153 Å². The van der Waals surface area contributed by atoms with Crippen LogP contribution < -0.4 is 21.3 Å². The number of hydrogen-bond acceptors (Lipinski definition) is 7. The molecule has 3 aliphatic carbocycles. The number of piperidine rings is 1. The molecule has 0 radical (unpaired) electrons. The Bertz CT molecular complexity index is 1500. The minimum atomic E-state index is -1.01. The van der Waals surface area contributed by atoms with E-state index in [0.29, 0.717) is 25.8 Å². The predicted octanol–water partition coefficient (Wildman–Crippen LogP) is 4.63. The fraction of sp³-hybridized carbons (Fsp3) is 0.860. The second kappa shape index (κ2) is 15.7. The van der Waals surface area contributed by atoms with Gasteiger partial charge in [-0.25, -0.2) is 0 Å². The maximum absolute atomic E-state index is 15.1. The van der Waals surface area contributed by atoms with Crippen molar-refractivity contribution in [2.75, 3.05) is 13.1 Å². The van der Waals surface area contributed by atoms with E-state index in [-0.39, 0.29) is 46.2 Å². The number of likely N-dealkylation sites (tertiary alicyclic amines) is 2. The molecule has 12 nitrogen and oxygen atoms in total. The van der Waals surface area contributed by atoms with Crippen molar-refractivity contribution >= 4 is 35.3 Å². The van der Waals surface area contributed by atoms with E-state index in [0.717, 1.165) is 64.3 Å². The Morgan fingerprint density at radius 3 is 1.85 bits per heavy atom. The number of ketones is 1. The average Bonchev–Trinajstić information content (AvgIpc) is 3.27. The molecular formula is C43H72N6O6. The molecule has 0 unspecified atom stereocenters. The third-order valence-electron chi connectivity index (χ3n) is 14.6. The van der Waals surface area contributed by atoms with E-state index in [9.17, 15) is 24.0 Å². The summed E-state index contributed by atoms with van der Waals surface area (Å²) < 4.78 is 0. The van der Waals surface area contributed by atoms with E-state index in [4.69, 9.17) is 0 Å². The summed E-state index contributed by atoms with van der Waals surface area (Å²) in [6, 6.07) is -3.95. The van der Waals surface area contributed by atoms with Crippen LogP contribution in [0.4, 0.5) is 0 Å². The van der Waals surface area contributed by atoms with Crippen molar-refractivity contribution in [3.05, 3.63) is 0 Å². The van der Waals surface area contributed by atoms with Crippen LogP contribution in [0.5, 0.6) is 0 Å². The minimum absolute atomic E-state index is 0.00858. The molecule has 0 aromatic rings. The maximum atomic E-state index is 15.1. The van der Waals surface area contributed by atoms with Gasteiger partial charge in [-0.1, -0.05) is 81.6 Å². The average molecular weight is 769 g/mol. The molecule has 4 N–H and O–H groups in total. The highest BCUT2D eigenvalue weighted by atomic mass is 16.2. The van der Waals surface area contributed by atoms with Crippen LogP contribution in [0.25, 0.3) is 0 Å². The van der Waals surface area contributed by atoms with Gasteiger partial charge in [0.25, 0.3) is 5.91 Å². The Kier molecular flexibility index (Phi) is 12.3. The first-order valence-electron chi connectivity index (χ1n) is 21.3. The van der Waals surface area contributed by atoms with Gasteiger partial charge in [0.15, 0.2) is 0 Å². The molecule has 5 amide bonds. The Hall–Kier alpha value is -3.02. The SMILES string of the molecule is CCC[C@H](NC(=O)[C@@H]1C[C@@]2(CN1C(=O)[C@@H](NC(=O)[C@@H](NC(=O)[C@H]1CCCCN1C(C)C)C(C)(C)C)C(C)(C)C)C(C)(C)C21CCC1)C(=O)C(=O)NC1CCC1. The van der Waals surface area contributed by atoms with Gasteiger partial charge in [0.05, 0.1) is 12.1 Å². The summed E-state index contributed by atoms with van der Waals surface area (Å²) in [4.78, 5) is 88.0. The predicted molar refractivity (Wildman–Crippen MR) is 212 cm³/mol. The fourth-order valence-corrected chi connectivity index (χ4v) is 10.7. The van der Waals surface area contributed by atoms with Gasteiger partial charge in [-0.05, 0) is 99.8 Å². The van der Waals surface area contributed by atoms with Crippen LogP contribution in [0, 0.1) is 27.1 Å². The topological polar surface area (TPSA) is 157 Å². The van der Waals surface area contributed by atoms with Crippen molar-refractivity contribution in [2.45, 2.75) is 196 Å². The molecule has 0 aromatic carbocycles. The highest BCUT2D eigenvalue weighted by Crippen LogP contribution is 2.88. The standard InChI is InChI=1S/C43H72N6O6/c1-12-17-28(31(50)36(53)44-27-18-15-19-27)45-35(52)30-24-43(41(10,11)42(43)21-16-22-42)25-49(30)38(55)33(40(7,8)9)47-37(54)32(39(4,5)6)46-34(51)29-20-13-14-23-48(29)26(2)3/h26-30,32-33H,12-25H2,1-11H3,(H,44,53)(H,45,52)(H,46,51)(H,47,54)/t28-,29+,30-,32+,33+,43+/m0/s1. The van der Waals surface area contributed by atoms with E-state index in [1.165, 1.54) is 0 Å². The summed E-state index contributed by atoms with van der Waals surface area (Å²) in [5, 5.41) is 11.9. The molecule has 310 valence electrons. The molecule has 0 aromatic heterocycles. The zero-order chi connectivity index (χ0) is 40.9. The number of amides is 5. The molecule has 12 heteroatoms. The normalized spacial score (nSPS) is 27.7. The molecule has 0 bridgehead atoms. The van der Waals surface area contributed by atoms with Crippen molar-refractivity contribution in [3.8, 4) is 0 Å². The van der Waals surface area contributed by atoms with Crippen LogP contribution in [0.15, 0.2) is 0 Å². The lowest BCUT2D eigenvalue weighted by atomic mass is 9.73. The van der Waals surface area contributed by atoms with Gasteiger partial charge in [-0.15, -0.1) is 0 Å². The smallest absolute Gasteiger partial charge is 0.289 e. The number of nitrogens with one attached hydrogen (secondary N) is 4. The van der Waals surface area contributed by atoms with Crippen molar-refractivity contribution in [3.63, 3.8) is 0 Å². The van der Waals surface area contributed by atoms with Crippen molar-refractivity contribution in [2.24, 2.45) is 27.1 Å². The molecule has 55 heavy (non-hydrogen) atoms. The lowest BCUT2D eigenvalue weighted by Gasteiger charge is -2.40. The highest BCUT2D eigenvalue weighted by Gasteiger charge is 2.85. The number of carbonyl (C=O) groups is 6. The van der Waals surface area contributed by atoms with E-state index in [1.54, 1.807) is 4.90 Å². The molecule has 2 heterocycles. The summed E-state index contributed by atoms with van der Waals surface area (Å²) in [5.41, 5.74) is -1.76. The zero-order valence-electron chi connectivity index (χ0n) is 35.8. The van der Waals surface area contributed by atoms with Crippen LogP contribution in [0.3, 0.4) is 0 Å². The van der Waals surface area contributed by atoms with Gasteiger partial charge in [0, 0.05) is 24.0 Å². The first-order chi connectivity index (χ1) is 25.5. The maximum Gasteiger partial charge on any atom is 0.289 e. The summed E-state index contributed by atoms with van der Waals surface area (Å²) in [5.74, 6) is -2.74. The Labute approximate surface area is 330 Å². The van der Waals surface area contributed by atoms with Crippen molar-refractivity contribution < 1.29 is 28.8 Å². The summed E-state index contributed by atoms with van der Waals surface area (Å²) in [6.45, 7) is 23.2. The van der Waals surface area contributed by atoms with Crippen molar-refractivity contribution in [1.29, 1.82) is 0 Å². The first-order valence-corrected chi connectivity index (χ1v) is 21.3. The molecule has 5 fully saturated rings. The highest BCUT2D eigenvalue weighted by molar-refractivity contribution is 6.38. The molecule has 5 rings (SSSR count). The van der Waals surface area contributed by atoms with E-state index < -0.39 is 58.5 Å². The van der Waals surface area contributed by atoms with Gasteiger partial charge in [0.2, 0.25) is 29.4 Å². The monoisotopic (exact) mass is 769 g/mol. The molecule has 2 spiro atoms. The van der Waals surface area contributed by atoms with Gasteiger partial charge < -0.3 is 26.2 Å². The number of carbonyl (C=O) groups excluding carboxylic acids is 6. The van der Waals surface area contributed by atoms with Gasteiger partial charge in [-0.2, -0.15) is 0 Å². The Balaban J connectivity index is 1.40. The number of Topliss-reactive ketones (excluding diaryl/α,β-unsaturated/α-hetero) is 1. The Morgan fingerprint density at radius 2 is 1.36 bits per heavy atom. The van der Waals surface area contributed by atoms with Crippen LogP contribution in [-0.2, 0) is 28.8 Å². The minimum Gasteiger partial charge on any atom is -0.347 e. The zero-order valence-corrected chi connectivity index (χ0v) is 35.8. The lowest BCUT2D eigenvalue weighted by Crippen LogP contribution is -2.64. The quantitative estimate of drug-likeness (QED) is 0.199. The molecule has 2 aliphatic heterocycles. The van der Waals surface area contributed by atoms with Gasteiger partial charge in [-0.3, -0.25) is 33.7 Å². The summed E-state index contributed by atoms with van der Waals surface area (Å²) in [6.07, 6.45) is 9.92. The fourth-order valence-electron chi connectivity index (χ4n) is 10.7. The molecule has 2 saturated heterocycles. The molecule has 6 atom stereocenters. The third-order valence-corrected chi connectivity index (χ3v) is 14.6. The summed E-state index contributed by atoms with van der Waals surface area (Å²) in [7, 11) is 0. The number of hydrogen-bond donors (Lipinski definition) is 4. The third kappa shape index (κ3) is 7.96. The van der Waals surface area contributed by atoms with Crippen LogP contribution in [0.2, 0.25) is 0 Å². The first kappa shape index (κ1) is 43.1. The van der Waals surface area contributed by atoms with Gasteiger partial charge >= 0.3 is 0 Å². The summed E-state index contributed by atoms with van der Waals surface area (Å²) >= 11 is 0.